The quantitative estimate of drug-likeness (QED) is 0.805. The monoisotopic (exact) mass is 281 g/mol. The van der Waals surface area contributed by atoms with Crippen molar-refractivity contribution >= 4 is 5.97 Å². The standard InChI is InChI=1S/C13H22F3NO2/c1-4-19-11(18)12(17-8-13(14,15)16)7-9(2)5-6-10(12)3/h9-10,17H,4-8H2,1-3H3. The predicted molar refractivity (Wildman–Crippen MR) is 65.6 cm³/mol. The van der Waals surface area contributed by atoms with Gasteiger partial charge in [-0.25, -0.2) is 0 Å². The molecule has 0 aromatic carbocycles. The highest BCUT2D eigenvalue weighted by Gasteiger charge is 2.49. The molecule has 1 fully saturated rings. The largest absolute Gasteiger partial charge is 0.465 e. The van der Waals surface area contributed by atoms with Gasteiger partial charge in [0.25, 0.3) is 0 Å². The Labute approximate surface area is 111 Å². The Balaban J connectivity index is 2.91. The first-order valence-corrected chi connectivity index (χ1v) is 6.70. The minimum absolute atomic E-state index is 0.162. The zero-order chi connectivity index (χ0) is 14.7. The fourth-order valence-corrected chi connectivity index (χ4v) is 2.75. The Kier molecular flexibility index (Phi) is 5.24. The van der Waals surface area contributed by atoms with Crippen LogP contribution in [0.1, 0.15) is 40.0 Å². The molecule has 1 saturated carbocycles. The molecule has 112 valence electrons. The molecule has 3 unspecified atom stereocenters. The zero-order valence-electron chi connectivity index (χ0n) is 11.6. The van der Waals surface area contributed by atoms with Gasteiger partial charge >= 0.3 is 12.1 Å². The van der Waals surface area contributed by atoms with Crippen molar-refractivity contribution in [1.82, 2.24) is 5.32 Å². The molecule has 0 amide bonds. The van der Waals surface area contributed by atoms with E-state index in [0.717, 1.165) is 12.8 Å². The molecule has 19 heavy (non-hydrogen) atoms. The van der Waals surface area contributed by atoms with E-state index in [1.54, 1.807) is 6.92 Å². The number of hydrogen-bond acceptors (Lipinski definition) is 3. The van der Waals surface area contributed by atoms with Crippen LogP contribution in [0.4, 0.5) is 13.2 Å². The second-order valence-corrected chi connectivity index (χ2v) is 5.45. The van der Waals surface area contributed by atoms with Crippen molar-refractivity contribution < 1.29 is 22.7 Å². The number of ether oxygens (including phenoxy) is 1. The summed E-state index contributed by atoms with van der Waals surface area (Å²) in [5, 5.41) is 2.44. The van der Waals surface area contributed by atoms with Crippen LogP contribution >= 0.6 is 0 Å². The number of carbonyl (C=O) groups excluding carboxylic acids is 1. The lowest BCUT2D eigenvalue weighted by Gasteiger charge is -2.43. The Morgan fingerprint density at radius 2 is 2.00 bits per heavy atom. The molecule has 6 heteroatoms. The highest BCUT2D eigenvalue weighted by molar-refractivity contribution is 5.81. The summed E-state index contributed by atoms with van der Waals surface area (Å²) in [5.41, 5.74) is -1.21. The number of rotatable bonds is 4. The minimum atomic E-state index is -4.33. The molecule has 0 radical (unpaired) electrons. The summed E-state index contributed by atoms with van der Waals surface area (Å²) < 4.78 is 42.3. The summed E-state index contributed by atoms with van der Waals surface area (Å²) in [4.78, 5) is 12.1. The molecule has 1 aliphatic carbocycles. The zero-order valence-corrected chi connectivity index (χ0v) is 11.6. The highest BCUT2D eigenvalue weighted by atomic mass is 19.4. The number of alkyl halides is 3. The first-order chi connectivity index (χ1) is 8.71. The van der Waals surface area contributed by atoms with E-state index in [9.17, 15) is 18.0 Å². The molecule has 1 N–H and O–H groups in total. The summed E-state index contributed by atoms with van der Waals surface area (Å²) in [6.45, 7) is 4.44. The Bertz CT molecular complexity index is 320. The summed E-state index contributed by atoms with van der Waals surface area (Å²) in [6.07, 6.45) is -2.29. The van der Waals surface area contributed by atoms with Crippen LogP contribution in [0.3, 0.4) is 0 Å². The summed E-state index contributed by atoms with van der Waals surface area (Å²) in [7, 11) is 0. The minimum Gasteiger partial charge on any atom is -0.465 e. The van der Waals surface area contributed by atoms with Crippen LogP contribution in [0, 0.1) is 11.8 Å². The van der Waals surface area contributed by atoms with E-state index < -0.39 is 24.2 Å². The molecular formula is C13H22F3NO2. The lowest BCUT2D eigenvalue weighted by atomic mass is 9.69. The molecule has 0 heterocycles. The fraction of sp³-hybridized carbons (Fsp3) is 0.923. The van der Waals surface area contributed by atoms with Crippen molar-refractivity contribution in [3.8, 4) is 0 Å². The van der Waals surface area contributed by atoms with Crippen molar-refractivity contribution in [3.05, 3.63) is 0 Å². The first kappa shape index (κ1) is 16.3. The number of nitrogens with one attached hydrogen (secondary N) is 1. The third kappa shape index (κ3) is 4.09. The van der Waals surface area contributed by atoms with Gasteiger partial charge in [-0.1, -0.05) is 20.3 Å². The van der Waals surface area contributed by atoms with Crippen molar-refractivity contribution in [2.24, 2.45) is 11.8 Å². The van der Waals surface area contributed by atoms with Crippen LogP contribution in [0.15, 0.2) is 0 Å². The van der Waals surface area contributed by atoms with E-state index in [1.165, 1.54) is 0 Å². The number of halogens is 3. The molecular weight excluding hydrogens is 259 g/mol. The van der Waals surface area contributed by atoms with Gasteiger partial charge in [0.1, 0.15) is 5.54 Å². The van der Waals surface area contributed by atoms with Crippen LogP contribution < -0.4 is 5.32 Å². The summed E-state index contributed by atoms with van der Waals surface area (Å²) in [6, 6.07) is 0. The molecule has 0 aliphatic heterocycles. The predicted octanol–water partition coefficient (Wildman–Crippen LogP) is 2.90. The van der Waals surface area contributed by atoms with Crippen LogP contribution in [0.2, 0.25) is 0 Å². The van der Waals surface area contributed by atoms with Crippen LogP contribution in [0.5, 0.6) is 0 Å². The average molecular weight is 281 g/mol. The van der Waals surface area contributed by atoms with Crippen LogP contribution in [-0.2, 0) is 9.53 Å². The van der Waals surface area contributed by atoms with E-state index in [-0.39, 0.29) is 18.4 Å². The molecule has 1 rings (SSSR count). The SMILES string of the molecule is CCOC(=O)C1(NCC(F)(F)F)CC(C)CCC1C. The van der Waals surface area contributed by atoms with Gasteiger partial charge in [0, 0.05) is 0 Å². The van der Waals surface area contributed by atoms with E-state index in [4.69, 9.17) is 4.74 Å². The Morgan fingerprint density at radius 1 is 1.37 bits per heavy atom. The van der Waals surface area contributed by atoms with Crippen molar-refractivity contribution in [2.75, 3.05) is 13.2 Å². The normalized spacial score (nSPS) is 32.1. The molecule has 3 atom stereocenters. The van der Waals surface area contributed by atoms with Gasteiger partial charge in [0.15, 0.2) is 0 Å². The molecule has 0 bridgehead atoms. The summed E-state index contributed by atoms with van der Waals surface area (Å²) in [5.74, 6) is -0.510. The van der Waals surface area contributed by atoms with Crippen molar-refractivity contribution in [2.45, 2.75) is 51.7 Å². The maximum absolute atomic E-state index is 12.4. The van der Waals surface area contributed by atoms with Crippen molar-refractivity contribution in [1.29, 1.82) is 0 Å². The number of carbonyl (C=O) groups is 1. The summed E-state index contributed by atoms with van der Waals surface area (Å²) >= 11 is 0. The molecule has 0 spiro atoms. The first-order valence-electron chi connectivity index (χ1n) is 6.70. The van der Waals surface area contributed by atoms with Gasteiger partial charge in [-0.2, -0.15) is 13.2 Å². The second kappa shape index (κ2) is 6.11. The van der Waals surface area contributed by atoms with Gasteiger partial charge in [-0.3, -0.25) is 10.1 Å². The lowest BCUT2D eigenvalue weighted by molar-refractivity contribution is -0.162. The average Bonchev–Trinajstić information content (AvgIpc) is 2.30. The van der Waals surface area contributed by atoms with E-state index in [1.807, 2.05) is 13.8 Å². The molecule has 0 aromatic heterocycles. The highest BCUT2D eigenvalue weighted by Crippen LogP contribution is 2.38. The Hall–Kier alpha value is -0.780. The second-order valence-electron chi connectivity index (χ2n) is 5.45. The van der Waals surface area contributed by atoms with Gasteiger partial charge in [-0.15, -0.1) is 0 Å². The van der Waals surface area contributed by atoms with E-state index in [0.29, 0.717) is 6.42 Å². The molecule has 0 aromatic rings. The fourth-order valence-electron chi connectivity index (χ4n) is 2.75. The molecule has 3 nitrogen and oxygen atoms in total. The van der Waals surface area contributed by atoms with Crippen LogP contribution in [-0.4, -0.2) is 30.8 Å². The van der Waals surface area contributed by atoms with Crippen molar-refractivity contribution in [3.63, 3.8) is 0 Å². The smallest absolute Gasteiger partial charge is 0.401 e. The van der Waals surface area contributed by atoms with Gasteiger partial charge in [0.05, 0.1) is 13.2 Å². The van der Waals surface area contributed by atoms with E-state index >= 15 is 0 Å². The maximum atomic E-state index is 12.4. The van der Waals surface area contributed by atoms with Gasteiger partial charge < -0.3 is 4.74 Å². The van der Waals surface area contributed by atoms with E-state index in [2.05, 4.69) is 5.32 Å². The third-order valence-corrected chi connectivity index (χ3v) is 3.85. The topological polar surface area (TPSA) is 38.3 Å². The Morgan fingerprint density at radius 3 is 2.53 bits per heavy atom. The molecule has 0 saturated heterocycles. The third-order valence-electron chi connectivity index (χ3n) is 3.85. The van der Waals surface area contributed by atoms with Gasteiger partial charge in [-0.05, 0) is 31.6 Å². The molecule has 1 aliphatic rings. The maximum Gasteiger partial charge on any atom is 0.401 e. The number of esters is 1. The lowest BCUT2D eigenvalue weighted by Crippen LogP contribution is -2.61. The number of hydrogen-bond donors (Lipinski definition) is 1. The van der Waals surface area contributed by atoms with Gasteiger partial charge in [0.2, 0.25) is 0 Å². The van der Waals surface area contributed by atoms with Crippen LogP contribution in [0.25, 0.3) is 0 Å².